The fourth-order valence-corrected chi connectivity index (χ4v) is 1.28. The van der Waals surface area contributed by atoms with Gasteiger partial charge in [-0.3, -0.25) is 0 Å². The van der Waals surface area contributed by atoms with Crippen LogP contribution in [-0.4, -0.2) is 10.3 Å². The fourth-order valence-electron chi connectivity index (χ4n) is 0.913. The summed E-state index contributed by atoms with van der Waals surface area (Å²) in [6.45, 7) is 0. The highest BCUT2D eigenvalue weighted by Gasteiger charge is 1.95. The quantitative estimate of drug-likeness (QED) is 0.234. The van der Waals surface area contributed by atoms with Gasteiger partial charge in [-0.2, -0.15) is 0 Å². The van der Waals surface area contributed by atoms with Crippen LogP contribution in [0.1, 0.15) is 0 Å². The standard InChI is InChI=1S/C8H10N4S2/c1-12-4-2-3-6(5-12)10-8(14)11-7(9)13/h2-5H,1H3,(H3-,9,10,11,13,14). The Labute approximate surface area is 93.3 Å². The molecule has 0 saturated heterocycles. The molecule has 1 aromatic heterocycles. The Morgan fingerprint density at radius 3 is 3.00 bits per heavy atom. The lowest BCUT2D eigenvalue weighted by atomic mass is 10.4. The molecule has 1 rings (SSSR count). The molecule has 0 fully saturated rings. The molecule has 74 valence electrons. The van der Waals surface area contributed by atoms with E-state index in [9.17, 15) is 0 Å². The van der Waals surface area contributed by atoms with E-state index in [0.29, 0.717) is 0 Å². The van der Waals surface area contributed by atoms with Crippen molar-refractivity contribution in [1.82, 2.24) is 0 Å². The van der Waals surface area contributed by atoms with E-state index >= 15 is 0 Å². The molecule has 0 aliphatic heterocycles. The van der Waals surface area contributed by atoms with Crippen LogP contribution in [-0.2, 0) is 19.7 Å². The summed E-state index contributed by atoms with van der Waals surface area (Å²) in [6.07, 6.45) is 3.79. The van der Waals surface area contributed by atoms with Crippen LogP contribution in [0.25, 0.3) is 0 Å². The van der Waals surface area contributed by atoms with Gasteiger partial charge in [-0.1, -0.05) is 0 Å². The number of anilines is 1. The number of hydrogen-bond donors (Lipinski definition) is 2. The van der Waals surface area contributed by atoms with Gasteiger partial charge in [0.05, 0.1) is 0 Å². The van der Waals surface area contributed by atoms with Crippen LogP contribution >= 0.6 is 12.2 Å². The van der Waals surface area contributed by atoms with Crippen molar-refractivity contribution in [3.05, 3.63) is 24.5 Å². The van der Waals surface area contributed by atoms with E-state index in [2.05, 4.69) is 22.5 Å². The zero-order valence-corrected chi connectivity index (χ0v) is 9.23. The first-order valence-electron chi connectivity index (χ1n) is 3.85. The monoisotopic (exact) mass is 226 g/mol. The maximum atomic E-state index is 5.21. The van der Waals surface area contributed by atoms with Crippen LogP contribution < -0.4 is 15.6 Å². The molecule has 0 aliphatic carbocycles. The number of nitrogens with zero attached hydrogens (tertiary/aromatic N) is 2. The van der Waals surface area contributed by atoms with E-state index in [1.165, 1.54) is 0 Å². The van der Waals surface area contributed by atoms with Gasteiger partial charge in [0, 0.05) is 6.07 Å². The Kier molecular flexibility index (Phi) is 3.73. The maximum Gasteiger partial charge on any atom is 0.192 e. The van der Waals surface area contributed by atoms with Crippen LogP contribution in [0.2, 0.25) is 0 Å². The fraction of sp³-hybridized carbons (Fsp3) is 0.125. The summed E-state index contributed by atoms with van der Waals surface area (Å²) in [7, 11) is 1.92. The number of amidine groups is 1. The van der Waals surface area contributed by atoms with E-state index < -0.39 is 0 Å². The average molecular weight is 226 g/mol. The van der Waals surface area contributed by atoms with Gasteiger partial charge < -0.3 is 23.7 Å². The summed E-state index contributed by atoms with van der Waals surface area (Å²) in [5, 5.41) is 3.19. The second kappa shape index (κ2) is 4.83. The lowest BCUT2D eigenvalue weighted by Crippen LogP contribution is -2.27. The summed E-state index contributed by atoms with van der Waals surface area (Å²) < 4.78 is 1.89. The van der Waals surface area contributed by atoms with Gasteiger partial charge in [0.25, 0.3) is 0 Å². The van der Waals surface area contributed by atoms with Crippen molar-refractivity contribution in [2.45, 2.75) is 0 Å². The number of aliphatic imine (C=N–C) groups is 1. The van der Waals surface area contributed by atoms with Crippen LogP contribution in [0.3, 0.4) is 0 Å². The number of aromatic nitrogens is 1. The third kappa shape index (κ3) is 3.63. The van der Waals surface area contributed by atoms with E-state index in [4.69, 9.17) is 18.4 Å². The molecule has 1 aromatic rings. The van der Waals surface area contributed by atoms with Gasteiger partial charge in [0.2, 0.25) is 0 Å². The minimum atomic E-state index is 0.0304. The molecule has 4 nitrogen and oxygen atoms in total. The second-order valence-corrected chi connectivity index (χ2v) is 3.44. The molecule has 6 heteroatoms. The SMILES string of the molecule is C[n+]1cccc(N/C([S-])=N/C(N)=S)c1. The Hall–Kier alpha value is -1.27. The highest BCUT2D eigenvalue weighted by atomic mass is 32.1. The van der Waals surface area contributed by atoms with E-state index in [-0.39, 0.29) is 10.3 Å². The third-order valence-corrected chi connectivity index (χ3v) is 1.69. The molecule has 0 spiro atoms. The van der Waals surface area contributed by atoms with Crippen molar-refractivity contribution in [2.24, 2.45) is 17.8 Å². The predicted molar refractivity (Wildman–Crippen MR) is 62.8 cm³/mol. The summed E-state index contributed by atoms with van der Waals surface area (Å²) in [4.78, 5) is 3.72. The Morgan fingerprint density at radius 2 is 2.43 bits per heavy atom. The molecule has 0 radical (unpaired) electrons. The average Bonchev–Trinajstić information content (AvgIpc) is 2.01. The van der Waals surface area contributed by atoms with Gasteiger partial charge >= 0.3 is 0 Å². The highest BCUT2D eigenvalue weighted by molar-refractivity contribution is 7.81. The molecule has 0 bridgehead atoms. The first-order valence-corrected chi connectivity index (χ1v) is 4.67. The Balaban J connectivity index is 2.74. The summed E-state index contributed by atoms with van der Waals surface area (Å²) in [5.74, 6) is 0. The van der Waals surface area contributed by atoms with Crippen molar-refractivity contribution in [2.75, 3.05) is 5.32 Å². The van der Waals surface area contributed by atoms with Crippen LogP contribution in [0.15, 0.2) is 29.5 Å². The molecule has 0 aliphatic rings. The number of nitrogens with one attached hydrogen (secondary N) is 1. The molecule has 0 aromatic carbocycles. The number of rotatable bonds is 1. The molecule has 0 atom stereocenters. The Morgan fingerprint density at radius 1 is 1.71 bits per heavy atom. The zero-order valence-electron chi connectivity index (χ0n) is 7.60. The number of nitrogens with two attached hydrogens (primary N) is 1. The van der Waals surface area contributed by atoms with Gasteiger partial charge in [-0.15, -0.1) is 0 Å². The minimum absolute atomic E-state index is 0.0304. The van der Waals surface area contributed by atoms with Gasteiger partial charge in [-0.05, 0) is 23.5 Å². The molecular formula is C8H10N4S2. The first-order chi connectivity index (χ1) is 6.58. The van der Waals surface area contributed by atoms with Crippen LogP contribution in [0.5, 0.6) is 0 Å². The topological polar surface area (TPSA) is 54.3 Å². The molecule has 0 unspecified atom stereocenters. The van der Waals surface area contributed by atoms with Crippen molar-refractivity contribution >= 4 is 40.8 Å². The summed E-state index contributed by atoms with van der Waals surface area (Å²) >= 11 is 9.49. The molecule has 14 heavy (non-hydrogen) atoms. The maximum absolute atomic E-state index is 5.21. The summed E-state index contributed by atoms with van der Waals surface area (Å²) in [6, 6.07) is 3.77. The first kappa shape index (κ1) is 10.8. The smallest absolute Gasteiger partial charge is 0.192 e. The zero-order chi connectivity index (χ0) is 10.6. The largest absolute Gasteiger partial charge is 0.742 e. The van der Waals surface area contributed by atoms with Gasteiger partial charge in [0.1, 0.15) is 12.7 Å². The van der Waals surface area contributed by atoms with Gasteiger partial charge in [-0.25, -0.2) is 9.56 Å². The lowest BCUT2D eigenvalue weighted by molar-refractivity contribution is -0.670. The third-order valence-electron chi connectivity index (χ3n) is 1.40. The van der Waals surface area contributed by atoms with E-state index in [1.54, 1.807) is 0 Å². The minimum Gasteiger partial charge on any atom is -0.742 e. The van der Waals surface area contributed by atoms with Crippen LogP contribution in [0.4, 0.5) is 5.69 Å². The number of hydrogen-bond acceptors (Lipinski definition) is 2. The number of pyridine rings is 1. The molecule has 0 saturated carbocycles. The normalized spacial score (nSPS) is 11.1. The van der Waals surface area contributed by atoms with Crippen molar-refractivity contribution in [1.29, 1.82) is 0 Å². The molecular weight excluding hydrogens is 216 g/mol. The molecule has 3 N–H and O–H groups in total. The second-order valence-electron chi connectivity index (χ2n) is 2.64. The van der Waals surface area contributed by atoms with Crippen molar-refractivity contribution < 1.29 is 4.57 Å². The molecule has 1 heterocycles. The highest BCUT2D eigenvalue weighted by Crippen LogP contribution is 2.00. The van der Waals surface area contributed by atoms with Crippen LogP contribution in [0, 0.1) is 0 Å². The Bertz CT molecular complexity index is 375. The predicted octanol–water partition coefficient (Wildman–Crippen LogP) is 0.0695. The number of aryl methyl sites for hydroxylation is 1. The summed E-state index contributed by atoms with van der Waals surface area (Å²) in [5.41, 5.74) is 6.06. The number of thiocarbonyl (C=S) groups is 1. The lowest BCUT2D eigenvalue weighted by Gasteiger charge is -2.11. The van der Waals surface area contributed by atoms with E-state index in [0.717, 1.165) is 5.69 Å². The van der Waals surface area contributed by atoms with Crippen molar-refractivity contribution in [3.63, 3.8) is 0 Å². The van der Waals surface area contributed by atoms with Gasteiger partial charge in [0.15, 0.2) is 17.5 Å². The van der Waals surface area contributed by atoms with E-state index in [1.807, 2.05) is 36.1 Å². The van der Waals surface area contributed by atoms with Crippen molar-refractivity contribution in [3.8, 4) is 0 Å². The molecule has 0 amide bonds.